The van der Waals surface area contributed by atoms with E-state index in [0.29, 0.717) is 6.04 Å². The largest absolute Gasteiger partial charge is 0.367 e. The third-order valence-electron chi connectivity index (χ3n) is 5.39. The fourth-order valence-corrected chi connectivity index (χ4v) is 3.95. The predicted octanol–water partition coefficient (Wildman–Crippen LogP) is 3.69. The summed E-state index contributed by atoms with van der Waals surface area (Å²) in [6.07, 6.45) is 2.47. The van der Waals surface area contributed by atoms with Crippen LogP contribution in [-0.4, -0.2) is 25.7 Å². The monoisotopic (exact) mass is 292 g/mol. The van der Waals surface area contributed by atoms with Gasteiger partial charge in [0.1, 0.15) is 0 Å². The predicted molar refractivity (Wildman–Crippen MR) is 93.7 cm³/mol. The Morgan fingerprint density at radius 2 is 2.00 bits per heavy atom. The zero-order valence-electron chi connectivity index (χ0n) is 13.5. The van der Waals surface area contributed by atoms with Crippen molar-refractivity contribution >= 4 is 5.69 Å². The van der Waals surface area contributed by atoms with Crippen LogP contribution >= 0.6 is 0 Å². The summed E-state index contributed by atoms with van der Waals surface area (Å²) < 4.78 is 0. The highest BCUT2D eigenvalue weighted by Gasteiger charge is 2.30. The third-order valence-corrected chi connectivity index (χ3v) is 5.39. The summed E-state index contributed by atoms with van der Waals surface area (Å²) in [5.41, 5.74) is 8.49. The Hall–Kier alpha value is -1.80. The molecule has 1 saturated heterocycles. The Labute approximate surface area is 133 Å². The van der Waals surface area contributed by atoms with E-state index in [1.54, 1.807) is 0 Å². The number of anilines is 1. The normalized spacial score (nSPS) is 20.5. The molecule has 0 saturated carbocycles. The molecule has 2 heteroatoms. The highest BCUT2D eigenvalue weighted by Crippen LogP contribution is 2.37. The molecule has 0 aliphatic carbocycles. The average Bonchev–Trinajstić information content (AvgIpc) is 2.71. The molecule has 114 valence electrons. The number of nitrogens with zero attached hydrogens (tertiary/aromatic N) is 1. The van der Waals surface area contributed by atoms with Crippen molar-refractivity contribution in [2.24, 2.45) is 0 Å². The Morgan fingerprint density at radius 1 is 1.09 bits per heavy atom. The molecule has 1 N–H and O–H groups in total. The van der Waals surface area contributed by atoms with Gasteiger partial charge in [-0.3, -0.25) is 0 Å². The highest BCUT2D eigenvalue weighted by molar-refractivity contribution is 5.75. The molecule has 2 aliphatic rings. The van der Waals surface area contributed by atoms with E-state index >= 15 is 0 Å². The first-order valence-electron chi connectivity index (χ1n) is 8.41. The van der Waals surface area contributed by atoms with Crippen LogP contribution < -0.4 is 10.2 Å². The maximum atomic E-state index is 3.53. The number of rotatable bonds is 1. The van der Waals surface area contributed by atoms with Crippen molar-refractivity contribution in [1.82, 2.24) is 5.32 Å². The van der Waals surface area contributed by atoms with Gasteiger partial charge in [0.15, 0.2) is 0 Å². The first-order chi connectivity index (χ1) is 10.7. The molecule has 1 atom stereocenters. The van der Waals surface area contributed by atoms with Crippen molar-refractivity contribution in [2.45, 2.75) is 32.7 Å². The number of hydrogen-bond donors (Lipinski definition) is 1. The van der Waals surface area contributed by atoms with Crippen molar-refractivity contribution in [2.75, 3.05) is 24.5 Å². The Morgan fingerprint density at radius 3 is 2.91 bits per heavy atom. The minimum Gasteiger partial charge on any atom is -0.367 e. The molecule has 0 radical (unpaired) electrons. The fourth-order valence-electron chi connectivity index (χ4n) is 3.95. The van der Waals surface area contributed by atoms with Gasteiger partial charge in [0.25, 0.3) is 0 Å². The second-order valence-corrected chi connectivity index (χ2v) is 6.68. The zero-order chi connectivity index (χ0) is 15.1. The van der Waals surface area contributed by atoms with Crippen molar-refractivity contribution in [1.29, 1.82) is 0 Å². The highest BCUT2D eigenvalue weighted by atomic mass is 15.2. The molecule has 2 aromatic rings. The lowest BCUT2D eigenvalue weighted by Gasteiger charge is -2.25. The molecule has 4 rings (SSSR count). The van der Waals surface area contributed by atoms with Gasteiger partial charge in [-0.2, -0.15) is 0 Å². The molecule has 2 heterocycles. The van der Waals surface area contributed by atoms with Crippen molar-refractivity contribution in [3.05, 3.63) is 53.1 Å². The van der Waals surface area contributed by atoms with Gasteiger partial charge >= 0.3 is 0 Å². The minimum atomic E-state index is 0.693. The molecule has 0 bridgehead atoms. The third kappa shape index (κ3) is 2.22. The topological polar surface area (TPSA) is 15.3 Å². The first-order valence-corrected chi connectivity index (χ1v) is 8.41. The van der Waals surface area contributed by atoms with Gasteiger partial charge in [0.2, 0.25) is 0 Å². The van der Waals surface area contributed by atoms with Gasteiger partial charge in [0, 0.05) is 24.8 Å². The molecule has 0 aromatic heterocycles. The number of benzene rings is 2. The molecule has 0 spiro atoms. The lowest BCUT2D eigenvalue weighted by atomic mass is 9.95. The molecule has 1 fully saturated rings. The first kappa shape index (κ1) is 13.8. The van der Waals surface area contributed by atoms with Crippen LogP contribution in [0.3, 0.4) is 0 Å². The van der Waals surface area contributed by atoms with Gasteiger partial charge in [-0.25, -0.2) is 0 Å². The van der Waals surface area contributed by atoms with E-state index < -0.39 is 0 Å². The average molecular weight is 292 g/mol. The minimum absolute atomic E-state index is 0.693. The molecular formula is C20H24N2. The Bertz CT molecular complexity index is 705. The molecule has 1 unspecified atom stereocenters. The summed E-state index contributed by atoms with van der Waals surface area (Å²) >= 11 is 0. The summed E-state index contributed by atoms with van der Waals surface area (Å²) in [6.45, 7) is 7.82. The van der Waals surface area contributed by atoms with Crippen molar-refractivity contribution < 1.29 is 0 Å². The van der Waals surface area contributed by atoms with Crippen molar-refractivity contribution in [3.8, 4) is 11.1 Å². The van der Waals surface area contributed by atoms with Gasteiger partial charge in [-0.1, -0.05) is 30.3 Å². The summed E-state index contributed by atoms with van der Waals surface area (Å²) in [4.78, 5) is 2.63. The molecule has 22 heavy (non-hydrogen) atoms. The standard InChI is InChI=1S/C20H24N2/c1-14-4-3-5-19(15(14)2)16-6-7-17-12-18-8-9-21-10-11-22(18)20(17)13-16/h3-7,13,18,21H,8-12H2,1-2H3. The summed E-state index contributed by atoms with van der Waals surface area (Å²) in [5.74, 6) is 0. The quantitative estimate of drug-likeness (QED) is 0.862. The van der Waals surface area contributed by atoms with Crippen LogP contribution in [0.4, 0.5) is 5.69 Å². The van der Waals surface area contributed by atoms with E-state index in [-0.39, 0.29) is 0 Å². The Kier molecular flexibility index (Phi) is 3.42. The van der Waals surface area contributed by atoms with Crippen LogP contribution in [0.5, 0.6) is 0 Å². The smallest absolute Gasteiger partial charge is 0.0408 e. The summed E-state index contributed by atoms with van der Waals surface area (Å²) in [6, 6.07) is 14.4. The number of nitrogens with one attached hydrogen (secondary N) is 1. The molecular weight excluding hydrogens is 268 g/mol. The maximum Gasteiger partial charge on any atom is 0.0408 e. The summed E-state index contributed by atoms with van der Waals surface area (Å²) in [7, 11) is 0. The van der Waals surface area contributed by atoms with E-state index in [4.69, 9.17) is 0 Å². The fraction of sp³-hybridized carbons (Fsp3) is 0.400. The lowest BCUT2D eigenvalue weighted by molar-refractivity contribution is 0.612. The molecule has 2 nitrogen and oxygen atoms in total. The van der Waals surface area contributed by atoms with Crippen LogP contribution in [0.2, 0.25) is 0 Å². The van der Waals surface area contributed by atoms with Crippen LogP contribution in [0.15, 0.2) is 36.4 Å². The second kappa shape index (κ2) is 5.44. The van der Waals surface area contributed by atoms with Gasteiger partial charge < -0.3 is 10.2 Å². The number of fused-ring (bicyclic) bond motifs is 3. The lowest BCUT2D eigenvalue weighted by Crippen LogP contribution is -2.32. The van der Waals surface area contributed by atoms with Gasteiger partial charge in [0.05, 0.1) is 0 Å². The van der Waals surface area contributed by atoms with E-state index in [9.17, 15) is 0 Å². The van der Waals surface area contributed by atoms with Crippen LogP contribution in [-0.2, 0) is 6.42 Å². The second-order valence-electron chi connectivity index (χ2n) is 6.68. The van der Waals surface area contributed by atoms with E-state index in [1.807, 2.05) is 0 Å². The Balaban J connectivity index is 1.76. The SMILES string of the molecule is Cc1cccc(-c2ccc3c(c2)N2CCNCCC2C3)c1C. The zero-order valence-corrected chi connectivity index (χ0v) is 13.5. The van der Waals surface area contributed by atoms with Crippen LogP contribution in [0.25, 0.3) is 11.1 Å². The molecule has 0 amide bonds. The van der Waals surface area contributed by atoms with E-state index in [0.717, 1.165) is 19.6 Å². The van der Waals surface area contributed by atoms with Crippen molar-refractivity contribution in [3.63, 3.8) is 0 Å². The summed E-state index contributed by atoms with van der Waals surface area (Å²) in [5, 5.41) is 3.53. The number of aryl methyl sites for hydroxylation is 1. The molecule has 2 aromatic carbocycles. The van der Waals surface area contributed by atoms with Gasteiger partial charge in [-0.15, -0.1) is 0 Å². The molecule has 2 aliphatic heterocycles. The maximum absolute atomic E-state index is 3.53. The van der Waals surface area contributed by atoms with E-state index in [2.05, 4.69) is 60.5 Å². The van der Waals surface area contributed by atoms with E-state index in [1.165, 1.54) is 46.3 Å². The van der Waals surface area contributed by atoms with Gasteiger partial charge in [-0.05, 0) is 67.1 Å². The number of hydrogen-bond acceptors (Lipinski definition) is 2. The van der Waals surface area contributed by atoms with Crippen LogP contribution in [0.1, 0.15) is 23.1 Å². The van der Waals surface area contributed by atoms with Crippen LogP contribution in [0, 0.1) is 13.8 Å².